The maximum Gasteiger partial charge on any atom is 0.213 e. The van der Waals surface area contributed by atoms with Crippen LogP contribution in [0.15, 0.2) is 28.6 Å². The molecule has 2 heteroatoms. The summed E-state index contributed by atoms with van der Waals surface area (Å²) in [5.41, 5.74) is 0.871. The molecule has 0 saturated heterocycles. The molecule has 0 aromatic rings. The second-order valence-corrected chi connectivity index (χ2v) is 2.82. The van der Waals surface area contributed by atoms with E-state index >= 15 is 0 Å². The lowest BCUT2D eigenvalue weighted by Crippen LogP contribution is -1.95. The molecule has 0 rings (SSSR count). The van der Waals surface area contributed by atoms with Gasteiger partial charge in [-0.25, -0.2) is 4.99 Å². The molecule has 0 aliphatic heterocycles. The van der Waals surface area contributed by atoms with Gasteiger partial charge in [-0.15, -0.1) is 0 Å². The maximum absolute atomic E-state index is 9.44. The van der Waals surface area contributed by atoms with Crippen LogP contribution in [0, 0.1) is 5.92 Å². The fourth-order valence-corrected chi connectivity index (χ4v) is 0.902. The molecule has 2 nitrogen and oxygen atoms in total. The highest BCUT2D eigenvalue weighted by molar-refractivity contribution is 5.55. The van der Waals surface area contributed by atoms with Gasteiger partial charge in [0.25, 0.3) is 0 Å². The number of aliphatic hydroxyl groups is 1. The Morgan fingerprint density at radius 1 is 1.33 bits per heavy atom. The summed E-state index contributed by atoms with van der Waals surface area (Å²) in [6.45, 7) is 7.75. The molecule has 0 heterocycles. The SMILES string of the molecule is CC=N/C(O)=C(\C=C/C)C(C)C. The number of rotatable bonds is 3. The zero-order valence-electron chi connectivity index (χ0n) is 8.20. The molecule has 0 aliphatic rings. The standard InChI is InChI=1S/C10H17NO/c1-5-7-9(8(3)4)10(12)11-6-2/h5-8,12H,1-4H3/b7-5-,10-9-,11-6?. The molecule has 0 radical (unpaired) electrons. The number of hydrogen-bond donors (Lipinski definition) is 1. The van der Waals surface area contributed by atoms with Gasteiger partial charge in [0.05, 0.1) is 0 Å². The van der Waals surface area contributed by atoms with Crippen molar-refractivity contribution in [3.05, 3.63) is 23.6 Å². The lowest BCUT2D eigenvalue weighted by molar-refractivity contribution is 0.395. The first kappa shape index (κ1) is 11.0. The van der Waals surface area contributed by atoms with Gasteiger partial charge in [-0.3, -0.25) is 0 Å². The Balaban J connectivity index is 4.79. The number of aliphatic imine (C=N–C) groups is 1. The number of aliphatic hydroxyl groups excluding tert-OH is 1. The first-order valence-electron chi connectivity index (χ1n) is 4.18. The first-order chi connectivity index (χ1) is 5.63. The molecule has 12 heavy (non-hydrogen) atoms. The summed E-state index contributed by atoms with van der Waals surface area (Å²) in [4.78, 5) is 3.82. The van der Waals surface area contributed by atoms with Crippen LogP contribution in [0.4, 0.5) is 0 Å². The second-order valence-electron chi connectivity index (χ2n) is 2.82. The Bertz CT molecular complexity index is 212. The third kappa shape index (κ3) is 3.37. The summed E-state index contributed by atoms with van der Waals surface area (Å²) in [5, 5.41) is 9.44. The zero-order valence-corrected chi connectivity index (χ0v) is 8.20. The summed E-state index contributed by atoms with van der Waals surface area (Å²) < 4.78 is 0. The lowest BCUT2D eigenvalue weighted by atomic mass is 10.0. The summed E-state index contributed by atoms with van der Waals surface area (Å²) in [5.74, 6) is 0.413. The Morgan fingerprint density at radius 3 is 2.25 bits per heavy atom. The topological polar surface area (TPSA) is 32.6 Å². The fourth-order valence-electron chi connectivity index (χ4n) is 0.902. The van der Waals surface area contributed by atoms with E-state index in [2.05, 4.69) is 4.99 Å². The Hall–Kier alpha value is -1.05. The van der Waals surface area contributed by atoms with E-state index in [-0.39, 0.29) is 5.88 Å². The fraction of sp³-hybridized carbons (Fsp3) is 0.500. The zero-order chi connectivity index (χ0) is 9.56. The molecule has 0 bridgehead atoms. The molecule has 0 aromatic heterocycles. The van der Waals surface area contributed by atoms with Gasteiger partial charge < -0.3 is 5.11 Å². The van der Waals surface area contributed by atoms with Crippen LogP contribution in [0.3, 0.4) is 0 Å². The van der Waals surface area contributed by atoms with Crippen molar-refractivity contribution in [1.82, 2.24) is 0 Å². The van der Waals surface area contributed by atoms with E-state index in [1.165, 1.54) is 0 Å². The molecule has 0 aliphatic carbocycles. The van der Waals surface area contributed by atoms with Gasteiger partial charge in [0, 0.05) is 11.8 Å². The van der Waals surface area contributed by atoms with Crippen LogP contribution in [0.5, 0.6) is 0 Å². The number of allylic oxidation sites excluding steroid dienone is 3. The van der Waals surface area contributed by atoms with Gasteiger partial charge in [0.15, 0.2) is 0 Å². The van der Waals surface area contributed by atoms with Gasteiger partial charge >= 0.3 is 0 Å². The van der Waals surface area contributed by atoms with E-state index in [1.54, 1.807) is 13.1 Å². The Kier molecular flexibility index (Phi) is 5.09. The summed E-state index contributed by atoms with van der Waals surface area (Å²) in [6.07, 6.45) is 5.37. The van der Waals surface area contributed by atoms with E-state index in [0.29, 0.717) is 5.92 Å². The van der Waals surface area contributed by atoms with Gasteiger partial charge in [0.2, 0.25) is 5.88 Å². The normalized spacial score (nSPS) is 14.8. The average Bonchev–Trinajstić information content (AvgIpc) is 1.99. The molecule has 0 spiro atoms. The minimum Gasteiger partial charge on any atom is -0.493 e. The van der Waals surface area contributed by atoms with Crippen molar-refractivity contribution in [2.75, 3.05) is 0 Å². The van der Waals surface area contributed by atoms with Crippen molar-refractivity contribution in [2.45, 2.75) is 27.7 Å². The molecule has 0 fully saturated rings. The molecular formula is C10H17NO. The van der Waals surface area contributed by atoms with Crippen LogP contribution >= 0.6 is 0 Å². The minimum absolute atomic E-state index is 0.116. The van der Waals surface area contributed by atoms with Crippen molar-refractivity contribution < 1.29 is 5.11 Å². The van der Waals surface area contributed by atoms with Crippen molar-refractivity contribution in [3.8, 4) is 0 Å². The molecule has 0 unspecified atom stereocenters. The molecular weight excluding hydrogens is 150 g/mol. The molecule has 1 N–H and O–H groups in total. The van der Waals surface area contributed by atoms with Crippen LogP contribution < -0.4 is 0 Å². The van der Waals surface area contributed by atoms with Gasteiger partial charge in [-0.1, -0.05) is 26.0 Å². The van der Waals surface area contributed by atoms with Crippen molar-refractivity contribution in [1.29, 1.82) is 0 Å². The van der Waals surface area contributed by atoms with Crippen LogP contribution in [-0.4, -0.2) is 11.3 Å². The predicted molar refractivity (Wildman–Crippen MR) is 53.5 cm³/mol. The number of nitrogens with zero attached hydrogens (tertiary/aromatic N) is 1. The summed E-state index contributed by atoms with van der Waals surface area (Å²) >= 11 is 0. The van der Waals surface area contributed by atoms with E-state index in [9.17, 15) is 5.11 Å². The highest BCUT2D eigenvalue weighted by atomic mass is 16.3. The largest absolute Gasteiger partial charge is 0.493 e. The van der Waals surface area contributed by atoms with E-state index in [1.807, 2.05) is 32.9 Å². The third-order valence-electron chi connectivity index (χ3n) is 1.48. The quantitative estimate of drug-likeness (QED) is 0.391. The van der Waals surface area contributed by atoms with Crippen molar-refractivity contribution >= 4 is 6.21 Å². The van der Waals surface area contributed by atoms with Crippen LogP contribution in [-0.2, 0) is 0 Å². The van der Waals surface area contributed by atoms with E-state index in [4.69, 9.17) is 0 Å². The smallest absolute Gasteiger partial charge is 0.213 e. The maximum atomic E-state index is 9.44. The number of hydrogen-bond acceptors (Lipinski definition) is 2. The Morgan fingerprint density at radius 2 is 1.92 bits per heavy atom. The predicted octanol–water partition coefficient (Wildman–Crippen LogP) is 3.08. The highest BCUT2D eigenvalue weighted by Crippen LogP contribution is 2.15. The van der Waals surface area contributed by atoms with E-state index < -0.39 is 0 Å². The van der Waals surface area contributed by atoms with Crippen molar-refractivity contribution in [3.63, 3.8) is 0 Å². The average molecular weight is 167 g/mol. The van der Waals surface area contributed by atoms with Crippen LogP contribution in [0.1, 0.15) is 27.7 Å². The van der Waals surface area contributed by atoms with Crippen LogP contribution in [0.25, 0.3) is 0 Å². The highest BCUT2D eigenvalue weighted by Gasteiger charge is 2.04. The monoisotopic (exact) mass is 167 g/mol. The van der Waals surface area contributed by atoms with Gasteiger partial charge in [-0.05, 0) is 19.8 Å². The van der Waals surface area contributed by atoms with Gasteiger partial charge in [-0.2, -0.15) is 0 Å². The lowest BCUT2D eigenvalue weighted by Gasteiger charge is -2.06. The molecule has 0 amide bonds. The Labute approximate surface area is 74.3 Å². The summed E-state index contributed by atoms with van der Waals surface area (Å²) in [7, 11) is 0. The molecule has 0 atom stereocenters. The van der Waals surface area contributed by atoms with Gasteiger partial charge in [0.1, 0.15) is 0 Å². The molecule has 68 valence electrons. The molecule has 0 saturated carbocycles. The third-order valence-corrected chi connectivity index (χ3v) is 1.48. The molecule has 0 aromatic carbocycles. The first-order valence-corrected chi connectivity index (χ1v) is 4.18. The minimum atomic E-state index is 0.116. The summed E-state index contributed by atoms with van der Waals surface area (Å²) in [6, 6.07) is 0. The second kappa shape index (κ2) is 5.58. The van der Waals surface area contributed by atoms with Crippen LogP contribution in [0.2, 0.25) is 0 Å². The van der Waals surface area contributed by atoms with Crippen molar-refractivity contribution in [2.24, 2.45) is 10.9 Å². The van der Waals surface area contributed by atoms with E-state index in [0.717, 1.165) is 5.57 Å².